The summed E-state index contributed by atoms with van der Waals surface area (Å²) in [6.45, 7) is 4.49. The highest BCUT2D eigenvalue weighted by atomic mass is 16.3. The zero-order valence-electron chi connectivity index (χ0n) is 14.3. The van der Waals surface area contributed by atoms with Crippen molar-refractivity contribution in [3.05, 3.63) is 35.4 Å². The highest BCUT2D eigenvalue weighted by Gasteiger charge is 2.36. The van der Waals surface area contributed by atoms with Crippen molar-refractivity contribution in [2.75, 3.05) is 26.7 Å². The summed E-state index contributed by atoms with van der Waals surface area (Å²) in [6, 6.07) is 8.53. The Kier molecular flexibility index (Phi) is 4.47. The number of benzene rings is 1. The van der Waals surface area contributed by atoms with E-state index in [2.05, 4.69) is 41.4 Å². The summed E-state index contributed by atoms with van der Waals surface area (Å²) in [5, 5.41) is 13.7. The highest BCUT2D eigenvalue weighted by Crippen LogP contribution is 2.36. The second kappa shape index (κ2) is 6.25. The number of amides is 1. The molecule has 1 aromatic carbocycles. The third kappa shape index (κ3) is 3.93. The quantitative estimate of drug-likeness (QED) is 0.890. The Morgan fingerprint density at radius 3 is 2.57 bits per heavy atom. The summed E-state index contributed by atoms with van der Waals surface area (Å²) in [6.07, 6.45) is 3.90. The van der Waals surface area contributed by atoms with Gasteiger partial charge in [-0.2, -0.15) is 0 Å². The number of carbonyl (C=O) groups excluding carboxylic acids is 1. The minimum Gasteiger partial charge on any atom is -0.388 e. The van der Waals surface area contributed by atoms with Gasteiger partial charge in [-0.15, -0.1) is 0 Å². The van der Waals surface area contributed by atoms with Crippen LogP contribution in [0.4, 0.5) is 0 Å². The van der Waals surface area contributed by atoms with E-state index in [1.54, 1.807) is 0 Å². The lowest BCUT2D eigenvalue weighted by molar-refractivity contribution is -0.128. The number of nitrogens with one attached hydrogen (secondary N) is 1. The number of fused-ring (bicyclic) bond motifs is 1. The van der Waals surface area contributed by atoms with Gasteiger partial charge in [0, 0.05) is 13.1 Å². The van der Waals surface area contributed by atoms with Gasteiger partial charge in [-0.3, -0.25) is 4.79 Å². The van der Waals surface area contributed by atoms with E-state index in [4.69, 9.17) is 0 Å². The van der Waals surface area contributed by atoms with Crippen LogP contribution >= 0.6 is 0 Å². The van der Waals surface area contributed by atoms with Crippen LogP contribution in [0.15, 0.2) is 24.3 Å². The molecule has 0 bridgehead atoms. The molecule has 2 aliphatic rings. The smallest absolute Gasteiger partial charge is 0.222 e. The van der Waals surface area contributed by atoms with Gasteiger partial charge in [0.05, 0.1) is 12.0 Å². The van der Waals surface area contributed by atoms with Crippen LogP contribution in [0.25, 0.3) is 0 Å². The van der Waals surface area contributed by atoms with Gasteiger partial charge in [-0.25, -0.2) is 0 Å². The predicted octanol–water partition coefficient (Wildman–Crippen LogP) is 1.75. The van der Waals surface area contributed by atoms with E-state index < -0.39 is 5.60 Å². The second-order valence-electron chi connectivity index (χ2n) is 7.95. The molecule has 1 aliphatic heterocycles. The molecule has 4 nitrogen and oxygen atoms in total. The zero-order valence-corrected chi connectivity index (χ0v) is 14.3. The molecule has 1 heterocycles. The van der Waals surface area contributed by atoms with Crippen molar-refractivity contribution in [1.29, 1.82) is 0 Å². The number of aliphatic hydroxyl groups is 1. The third-order valence-corrected chi connectivity index (χ3v) is 5.30. The lowest BCUT2D eigenvalue weighted by Crippen LogP contribution is -2.49. The molecule has 3 rings (SSSR count). The summed E-state index contributed by atoms with van der Waals surface area (Å²) in [5.74, 6) is -0.0278. The lowest BCUT2D eigenvalue weighted by Gasteiger charge is -2.37. The van der Waals surface area contributed by atoms with E-state index in [1.165, 1.54) is 11.1 Å². The van der Waals surface area contributed by atoms with Crippen LogP contribution in [0.3, 0.4) is 0 Å². The molecule has 1 atom stereocenters. The van der Waals surface area contributed by atoms with E-state index in [9.17, 15) is 9.90 Å². The topological polar surface area (TPSA) is 52.6 Å². The molecule has 23 heavy (non-hydrogen) atoms. The number of hydrogen-bond acceptors (Lipinski definition) is 3. The average Bonchev–Trinajstić information content (AvgIpc) is 2.81. The number of likely N-dealkylation sites (N-methyl/N-ethyl adjacent to an activating group) is 1. The fourth-order valence-corrected chi connectivity index (χ4v) is 4.17. The maximum atomic E-state index is 12.3. The van der Waals surface area contributed by atoms with Crippen molar-refractivity contribution in [3.63, 3.8) is 0 Å². The summed E-state index contributed by atoms with van der Waals surface area (Å²) in [4.78, 5) is 14.4. The van der Waals surface area contributed by atoms with Crippen LogP contribution in [0.5, 0.6) is 0 Å². The molecule has 1 unspecified atom stereocenters. The van der Waals surface area contributed by atoms with Crippen molar-refractivity contribution in [2.24, 2.45) is 5.41 Å². The molecule has 1 saturated heterocycles. The van der Waals surface area contributed by atoms with Gasteiger partial charge in [0.1, 0.15) is 0 Å². The minimum absolute atomic E-state index is 0.0278. The maximum absolute atomic E-state index is 12.3. The van der Waals surface area contributed by atoms with Crippen LogP contribution in [-0.2, 0) is 17.6 Å². The van der Waals surface area contributed by atoms with Crippen molar-refractivity contribution >= 4 is 5.91 Å². The first kappa shape index (κ1) is 16.5. The summed E-state index contributed by atoms with van der Waals surface area (Å²) >= 11 is 0. The van der Waals surface area contributed by atoms with Gasteiger partial charge in [0.2, 0.25) is 5.91 Å². The van der Waals surface area contributed by atoms with Gasteiger partial charge < -0.3 is 15.3 Å². The molecule has 126 valence electrons. The Balaban J connectivity index is 1.52. The number of nitrogens with zero attached hydrogens (tertiary/aromatic N) is 1. The Morgan fingerprint density at radius 2 is 1.96 bits per heavy atom. The van der Waals surface area contributed by atoms with Gasteiger partial charge in [-0.05, 0) is 55.8 Å². The number of hydrogen-bond donors (Lipinski definition) is 2. The molecule has 1 amide bonds. The Labute approximate surface area is 138 Å². The molecule has 0 spiro atoms. The molecule has 1 aliphatic carbocycles. The average molecular weight is 316 g/mol. The maximum Gasteiger partial charge on any atom is 0.222 e. The molecule has 0 radical (unpaired) electrons. The summed E-state index contributed by atoms with van der Waals surface area (Å²) in [5.41, 5.74) is 2.02. The van der Waals surface area contributed by atoms with Gasteiger partial charge >= 0.3 is 0 Å². The SMILES string of the molecule is CN1CCCC(O)(CC(=O)NCC2(C)Cc3ccccc3C2)C1. The first-order chi connectivity index (χ1) is 10.9. The van der Waals surface area contributed by atoms with Crippen molar-refractivity contribution in [3.8, 4) is 0 Å². The molecule has 0 saturated carbocycles. The van der Waals surface area contributed by atoms with Crippen LogP contribution in [0, 0.1) is 5.41 Å². The van der Waals surface area contributed by atoms with E-state index in [0.29, 0.717) is 19.5 Å². The number of rotatable bonds is 4. The van der Waals surface area contributed by atoms with E-state index in [-0.39, 0.29) is 17.7 Å². The number of piperidine rings is 1. The lowest BCUT2D eigenvalue weighted by atomic mass is 9.86. The van der Waals surface area contributed by atoms with Crippen LogP contribution in [0.1, 0.15) is 37.3 Å². The van der Waals surface area contributed by atoms with Crippen molar-refractivity contribution in [2.45, 2.75) is 44.6 Å². The van der Waals surface area contributed by atoms with Crippen LogP contribution in [0.2, 0.25) is 0 Å². The fraction of sp³-hybridized carbons (Fsp3) is 0.632. The molecular weight excluding hydrogens is 288 g/mol. The second-order valence-corrected chi connectivity index (χ2v) is 7.95. The molecule has 4 heteroatoms. The predicted molar refractivity (Wildman–Crippen MR) is 91.3 cm³/mol. The molecular formula is C19H28N2O2. The first-order valence-corrected chi connectivity index (χ1v) is 8.62. The fourth-order valence-electron chi connectivity index (χ4n) is 4.17. The summed E-state index contributed by atoms with van der Waals surface area (Å²) < 4.78 is 0. The first-order valence-electron chi connectivity index (χ1n) is 8.62. The largest absolute Gasteiger partial charge is 0.388 e. The molecule has 1 aromatic rings. The van der Waals surface area contributed by atoms with E-state index in [1.807, 2.05) is 7.05 Å². The standard InChI is InChI=1S/C19H28N2O2/c1-18(10-15-6-3-4-7-16(15)11-18)13-20-17(22)12-19(23)8-5-9-21(2)14-19/h3-4,6-7,23H,5,8-14H2,1-2H3,(H,20,22). The van der Waals surface area contributed by atoms with E-state index in [0.717, 1.165) is 25.8 Å². The summed E-state index contributed by atoms with van der Waals surface area (Å²) in [7, 11) is 2.00. The minimum atomic E-state index is -0.864. The third-order valence-electron chi connectivity index (χ3n) is 5.30. The van der Waals surface area contributed by atoms with Crippen LogP contribution in [-0.4, -0.2) is 48.2 Å². The molecule has 2 N–H and O–H groups in total. The number of carbonyl (C=O) groups is 1. The Morgan fingerprint density at radius 1 is 1.30 bits per heavy atom. The van der Waals surface area contributed by atoms with E-state index >= 15 is 0 Å². The molecule has 1 fully saturated rings. The number of likely N-dealkylation sites (tertiary alicyclic amines) is 1. The Bertz CT molecular complexity index is 561. The van der Waals surface area contributed by atoms with Gasteiger partial charge in [0.25, 0.3) is 0 Å². The zero-order chi connectivity index (χ0) is 16.5. The molecule has 0 aromatic heterocycles. The normalized spacial score (nSPS) is 26.7. The Hall–Kier alpha value is -1.39. The monoisotopic (exact) mass is 316 g/mol. The number of β-amino-alcohol motifs (C(OH)–C–C–N with tert-alkyl or cyclic N) is 1. The van der Waals surface area contributed by atoms with Crippen molar-refractivity contribution < 1.29 is 9.90 Å². The highest BCUT2D eigenvalue weighted by molar-refractivity contribution is 5.77. The van der Waals surface area contributed by atoms with Crippen molar-refractivity contribution in [1.82, 2.24) is 10.2 Å². The van der Waals surface area contributed by atoms with Gasteiger partial charge in [-0.1, -0.05) is 31.2 Å². The van der Waals surface area contributed by atoms with Gasteiger partial charge in [0.15, 0.2) is 0 Å². The van der Waals surface area contributed by atoms with Crippen LogP contribution < -0.4 is 5.32 Å².